The van der Waals surface area contributed by atoms with Crippen molar-refractivity contribution < 1.29 is 0 Å². The molecular weight excluding hydrogens is 436 g/mol. The molecule has 0 atom stereocenters. The van der Waals surface area contributed by atoms with Gasteiger partial charge in [0.15, 0.2) is 0 Å². The average molecular weight is 461 g/mol. The number of hydrogen-bond acceptors (Lipinski definition) is 1. The first-order valence-corrected chi connectivity index (χ1v) is 12.3. The van der Waals surface area contributed by atoms with E-state index in [1.54, 1.807) is 0 Å². The highest BCUT2D eigenvalue weighted by atomic mass is 15.0. The minimum atomic E-state index is 1.07. The number of hydrogen-bond donors (Lipinski definition) is 1. The Hall–Kier alpha value is -4.82. The number of rotatable bonds is 4. The summed E-state index contributed by atoms with van der Waals surface area (Å²) in [5, 5.41) is 8.66. The summed E-state index contributed by atoms with van der Waals surface area (Å²) in [4.78, 5) is 0. The number of anilines is 2. The van der Waals surface area contributed by atoms with Gasteiger partial charge in [-0.15, -0.1) is 0 Å². The van der Waals surface area contributed by atoms with Crippen LogP contribution in [0.3, 0.4) is 0 Å². The van der Waals surface area contributed by atoms with Crippen LogP contribution in [-0.4, -0.2) is 4.57 Å². The van der Waals surface area contributed by atoms with Crippen LogP contribution in [0.15, 0.2) is 140 Å². The molecule has 170 valence electrons. The molecule has 1 aromatic heterocycles. The molecule has 0 unspecified atom stereocenters. The number of fused-ring (bicyclic) bond motifs is 4. The molecule has 0 aliphatic rings. The molecule has 0 radical (unpaired) electrons. The molecule has 0 amide bonds. The lowest BCUT2D eigenvalue weighted by Crippen LogP contribution is -1.95. The smallest absolute Gasteiger partial charge is 0.0561 e. The number of aromatic nitrogens is 1. The fraction of sp³-hybridized carbons (Fsp3) is 0. The van der Waals surface area contributed by atoms with E-state index >= 15 is 0 Å². The van der Waals surface area contributed by atoms with E-state index in [4.69, 9.17) is 0 Å². The van der Waals surface area contributed by atoms with Crippen LogP contribution in [0.5, 0.6) is 0 Å². The zero-order valence-electron chi connectivity index (χ0n) is 19.7. The highest BCUT2D eigenvalue weighted by Crippen LogP contribution is 2.35. The Labute approximate surface area is 210 Å². The second-order valence-corrected chi connectivity index (χ2v) is 9.19. The summed E-state index contributed by atoms with van der Waals surface area (Å²) in [5.74, 6) is 0. The van der Waals surface area contributed by atoms with E-state index in [-0.39, 0.29) is 0 Å². The maximum atomic E-state index is 3.65. The van der Waals surface area contributed by atoms with Gasteiger partial charge in [-0.3, -0.25) is 0 Å². The lowest BCUT2D eigenvalue weighted by atomic mass is 10.1. The van der Waals surface area contributed by atoms with Gasteiger partial charge in [0.2, 0.25) is 0 Å². The molecule has 7 aromatic rings. The number of para-hydroxylation sites is 1. The third-order valence-corrected chi connectivity index (χ3v) is 6.92. The fourth-order valence-corrected chi connectivity index (χ4v) is 5.22. The third kappa shape index (κ3) is 3.52. The zero-order valence-corrected chi connectivity index (χ0v) is 19.7. The standard InChI is InChI=1S/C34H24N2/c1-2-9-24(10-3-1)26-13-8-14-28(21-26)35-29-18-20-32-31-15-6-7-16-33(31)36(34(32)23-29)30-19-17-25-11-4-5-12-27(25)22-30/h1-23,35H. The van der Waals surface area contributed by atoms with Crippen molar-refractivity contribution in [1.29, 1.82) is 0 Å². The monoisotopic (exact) mass is 460 g/mol. The van der Waals surface area contributed by atoms with Gasteiger partial charge in [-0.1, -0.05) is 97.1 Å². The molecule has 2 heteroatoms. The van der Waals surface area contributed by atoms with E-state index in [9.17, 15) is 0 Å². The Morgan fingerprint density at radius 1 is 0.417 bits per heavy atom. The van der Waals surface area contributed by atoms with Gasteiger partial charge in [0, 0.05) is 27.8 Å². The Kier molecular flexibility index (Phi) is 4.82. The van der Waals surface area contributed by atoms with Gasteiger partial charge in [-0.05, 0) is 64.4 Å². The molecule has 0 aliphatic carbocycles. The SMILES string of the molecule is c1ccc(-c2cccc(Nc3ccc4c5ccccc5n(-c5ccc6ccccc6c5)c4c3)c2)cc1. The molecule has 0 spiro atoms. The second kappa shape index (κ2) is 8.44. The lowest BCUT2D eigenvalue weighted by molar-refractivity contribution is 1.19. The Bertz CT molecular complexity index is 1860. The van der Waals surface area contributed by atoms with Crippen molar-refractivity contribution in [2.75, 3.05) is 5.32 Å². The first-order chi connectivity index (χ1) is 17.8. The third-order valence-electron chi connectivity index (χ3n) is 6.92. The van der Waals surface area contributed by atoms with Gasteiger partial charge in [0.25, 0.3) is 0 Å². The predicted octanol–water partition coefficient (Wildman–Crippen LogP) is 9.35. The van der Waals surface area contributed by atoms with Crippen molar-refractivity contribution in [3.8, 4) is 16.8 Å². The van der Waals surface area contributed by atoms with E-state index in [1.165, 1.54) is 49.4 Å². The fourth-order valence-electron chi connectivity index (χ4n) is 5.22. The Morgan fingerprint density at radius 3 is 2.06 bits per heavy atom. The average Bonchev–Trinajstić information content (AvgIpc) is 3.27. The first kappa shape index (κ1) is 20.5. The van der Waals surface area contributed by atoms with E-state index in [1.807, 2.05) is 0 Å². The van der Waals surface area contributed by atoms with Gasteiger partial charge in [0.05, 0.1) is 11.0 Å². The molecule has 7 rings (SSSR count). The van der Waals surface area contributed by atoms with Gasteiger partial charge in [-0.25, -0.2) is 0 Å². The van der Waals surface area contributed by atoms with Crippen LogP contribution in [0.2, 0.25) is 0 Å². The number of benzene rings is 6. The van der Waals surface area contributed by atoms with Crippen LogP contribution in [0, 0.1) is 0 Å². The molecule has 0 bridgehead atoms. The molecule has 0 aliphatic heterocycles. The summed E-state index contributed by atoms with van der Waals surface area (Å²) < 4.78 is 2.38. The topological polar surface area (TPSA) is 17.0 Å². The highest BCUT2D eigenvalue weighted by molar-refractivity contribution is 6.10. The van der Waals surface area contributed by atoms with E-state index in [0.29, 0.717) is 0 Å². The molecule has 1 heterocycles. The molecule has 2 nitrogen and oxygen atoms in total. The normalized spacial score (nSPS) is 11.3. The highest BCUT2D eigenvalue weighted by Gasteiger charge is 2.13. The summed E-state index contributed by atoms with van der Waals surface area (Å²) in [6, 6.07) is 49.7. The Balaban J connectivity index is 1.36. The summed E-state index contributed by atoms with van der Waals surface area (Å²) in [6.07, 6.45) is 0. The van der Waals surface area contributed by atoms with Crippen molar-refractivity contribution >= 4 is 44.0 Å². The lowest BCUT2D eigenvalue weighted by Gasteiger charge is -2.12. The molecule has 36 heavy (non-hydrogen) atoms. The summed E-state index contributed by atoms with van der Waals surface area (Å²) in [5.41, 5.74) is 8.13. The van der Waals surface area contributed by atoms with Crippen LogP contribution in [0.4, 0.5) is 11.4 Å². The maximum Gasteiger partial charge on any atom is 0.0561 e. The molecule has 1 N–H and O–H groups in total. The van der Waals surface area contributed by atoms with Crippen molar-refractivity contribution in [2.45, 2.75) is 0 Å². The maximum absolute atomic E-state index is 3.65. The number of nitrogens with one attached hydrogen (secondary N) is 1. The van der Waals surface area contributed by atoms with Crippen molar-refractivity contribution in [2.24, 2.45) is 0 Å². The van der Waals surface area contributed by atoms with Crippen molar-refractivity contribution in [3.63, 3.8) is 0 Å². The predicted molar refractivity (Wildman–Crippen MR) is 153 cm³/mol. The van der Waals surface area contributed by atoms with E-state index < -0.39 is 0 Å². The molecule has 0 fully saturated rings. The van der Waals surface area contributed by atoms with Gasteiger partial charge >= 0.3 is 0 Å². The largest absolute Gasteiger partial charge is 0.355 e. The molecule has 0 saturated carbocycles. The van der Waals surface area contributed by atoms with Crippen molar-refractivity contribution in [3.05, 3.63) is 140 Å². The summed E-state index contributed by atoms with van der Waals surface area (Å²) in [6.45, 7) is 0. The Morgan fingerprint density at radius 2 is 1.14 bits per heavy atom. The van der Waals surface area contributed by atoms with Crippen LogP contribution in [0.25, 0.3) is 49.4 Å². The molecular formula is C34H24N2. The quantitative estimate of drug-likeness (QED) is 0.277. The minimum Gasteiger partial charge on any atom is -0.355 e. The molecule has 6 aromatic carbocycles. The van der Waals surface area contributed by atoms with Gasteiger partial charge in [-0.2, -0.15) is 0 Å². The van der Waals surface area contributed by atoms with Crippen LogP contribution in [-0.2, 0) is 0 Å². The zero-order chi connectivity index (χ0) is 23.9. The van der Waals surface area contributed by atoms with Gasteiger partial charge in [0.1, 0.15) is 0 Å². The number of nitrogens with zero attached hydrogens (tertiary/aromatic N) is 1. The molecule has 0 saturated heterocycles. The van der Waals surface area contributed by atoms with Crippen LogP contribution in [0.1, 0.15) is 0 Å². The van der Waals surface area contributed by atoms with Crippen LogP contribution < -0.4 is 5.32 Å². The summed E-state index contributed by atoms with van der Waals surface area (Å²) >= 11 is 0. The van der Waals surface area contributed by atoms with E-state index in [0.717, 1.165) is 11.4 Å². The first-order valence-electron chi connectivity index (χ1n) is 12.3. The second-order valence-electron chi connectivity index (χ2n) is 9.19. The minimum absolute atomic E-state index is 1.07. The van der Waals surface area contributed by atoms with E-state index in [2.05, 4.69) is 149 Å². The van der Waals surface area contributed by atoms with Crippen LogP contribution >= 0.6 is 0 Å². The summed E-state index contributed by atoms with van der Waals surface area (Å²) in [7, 11) is 0. The van der Waals surface area contributed by atoms with Crippen molar-refractivity contribution in [1.82, 2.24) is 4.57 Å². The van der Waals surface area contributed by atoms with Gasteiger partial charge < -0.3 is 9.88 Å².